The summed E-state index contributed by atoms with van der Waals surface area (Å²) in [6, 6.07) is 5.00. The summed E-state index contributed by atoms with van der Waals surface area (Å²) in [5, 5.41) is 24.2. The molecule has 67 heavy (non-hydrogen) atoms. The maximum absolute atomic E-state index is 14.1. The number of carboxylic acids is 1. The number of allylic oxidation sites excluding steroid dienone is 1. The number of nitriles is 1. The van der Waals surface area contributed by atoms with Crippen molar-refractivity contribution in [1.29, 1.82) is 5.26 Å². The van der Waals surface area contributed by atoms with Crippen LogP contribution in [-0.2, 0) is 49.1 Å². The zero-order valence-corrected chi connectivity index (χ0v) is 45.1. The number of aliphatic carboxylic acids is 1. The highest BCUT2D eigenvalue weighted by molar-refractivity contribution is 7.98. The summed E-state index contributed by atoms with van der Waals surface area (Å²) in [6.07, 6.45) is 5.09. The van der Waals surface area contributed by atoms with Crippen LogP contribution in [0.25, 0.3) is 0 Å². The number of hydrogen-bond donors (Lipinski definition) is 3. The fraction of sp³-hybridized carbons (Fsp3) is 0.660. The third kappa shape index (κ3) is 19.2. The summed E-state index contributed by atoms with van der Waals surface area (Å²) in [5.41, 5.74) is 2.41. The lowest BCUT2D eigenvalue weighted by Gasteiger charge is -2.42. The van der Waals surface area contributed by atoms with Crippen LogP contribution in [0, 0.1) is 29.1 Å². The molecule has 0 fully saturated rings. The molecule has 0 saturated carbocycles. The number of ether oxygens (including phenoxy) is 2. The quantitative estimate of drug-likeness (QED) is 0.0258. The van der Waals surface area contributed by atoms with E-state index in [0.29, 0.717) is 35.5 Å². The van der Waals surface area contributed by atoms with Crippen molar-refractivity contribution in [2.75, 3.05) is 32.8 Å². The van der Waals surface area contributed by atoms with Gasteiger partial charge in [0.15, 0.2) is 14.4 Å². The molecule has 0 aliphatic rings. The van der Waals surface area contributed by atoms with Gasteiger partial charge in [0.05, 0.1) is 36.3 Å². The van der Waals surface area contributed by atoms with Gasteiger partial charge in [-0.15, -0.1) is 11.8 Å². The van der Waals surface area contributed by atoms with Crippen LogP contribution in [0.2, 0.25) is 18.1 Å². The highest BCUT2D eigenvalue weighted by Gasteiger charge is 2.42. The first-order chi connectivity index (χ1) is 31.1. The summed E-state index contributed by atoms with van der Waals surface area (Å²) in [4.78, 5) is 82.9. The predicted molar refractivity (Wildman–Crippen MR) is 267 cm³/mol. The van der Waals surface area contributed by atoms with Gasteiger partial charge < -0.3 is 39.4 Å². The normalized spacial score (nSPS) is 16.0. The Kier molecular flexibility index (Phi) is 25.4. The zero-order chi connectivity index (χ0) is 51.6. The topological polar surface area (TPSA) is 205 Å². The van der Waals surface area contributed by atoms with E-state index in [2.05, 4.69) is 64.4 Å². The summed E-state index contributed by atoms with van der Waals surface area (Å²) in [5.74, 6) is -4.59. The molecule has 1 aromatic carbocycles. The molecule has 0 heterocycles. The molecule has 0 radical (unpaired) electrons. The van der Waals surface area contributed by atoms with Crippen molar-refractivity contribution in [2.24, 2.45) is 17.8 Å². The molecule has 1 aromatic rings. The van der Waals surface area contributed by atoms with Crippen molar-refractivity contribution in [1.82, 2.24) is 20.4 Å². The third-order valence-electron chi connectivity index (χ3n) is 12.7. The number of carboxylic acid groups (broad SMARTS) is 1. The van der Waals surface area contributed by atoms with Gasteiger partial charge in [0.1, 0.15) is 18.1 Å². The lowest BCUT2D eigenvalue weighted by molar-refractivity contribution is -0.154. The number of rotatable bonds is 27. The van der Waals surface area contributed by atoms with E-state index in [9.17, 15) is 39.1 Å². The SMILES string of the molecule is C/C=C(\C)[C@@H](O[Si](C)(C)C(C)(C)C)[C@@H](C)[C@H](C/C=C(\C)C(=O)O[C@H](CC(C)C)C(=O)N[C@@H](C)C(=O)N(C)[C@H](Cc1ccc(C#N)cc1)C(=O)N(C)CC(=O)N[C@H](C(=O)O)[C@H](C)CC)OCSC. The van der Waals surface area contributed by atoms with Crippen LogP contribution in [0.4, 0.5) is 0 Å². The maximum atomic E-state index is 14.1. The van der Waals surface area contributed by atoms with E-state index in [1.165, 1.54) is 25.9 Å². The molecule has 0 aliphatic carbocycles. The van der Waals surface area contributed by atoms with Crippen LogP contribution in [0.3, 0.4) is 0 Å². The number of amides is 4. The van der Waals surface area contributed by atoms with Crippen molar-refractivity contribution < 1.29 is 47.8 Å². The van der Waals surface area contributed by atoms with E-state index in [1.807, 2.05) is 33.1 Å². The van der Waals surface area contributed by atoms with Gasteiger partial charge in [-0.25, -0.2) is 9.59 Å². The average molecular weight is 972 g/mol. The molecule has 0 spiro atoms. The van der Waals surface area contributed by atoms with Crippen molar-refractivity contribution >= 4 is 55.6 Å². The van der Waals surface area contributed by atoms with Crippen LogP contribution in [-0.4, -0.2) is 128 Å². The number of carbonyl (C=O) groups is 6. The minimum atomic E-state index is -2.18. The van der Waals surface area contributed by atoms with Crippen LogP contribution in [0.5, 0.6) is 0 Å². The Hall–Kier alpha value is -4.50. The number of likely N-dealkylation sites (N-methyl/N-ethyl adjacent to an activating group) is 2. The van der Waals surface area contributed by atoms with Gasteiger partial charge in [-0.05, 0) is 100 Å². The molecule has 0 aromatic heterocycles. The number of thioether (sulfide) groups is 1. The van der Waals surface area contributed by atoms with Crippen LogP contribution in [0.15, 0.2) is 47.6 Å². The molecule has 17 heteroatoms. The second-order valence-corrected chi connectivity index (χ2v) is 25.2. The lowest BCUT2D eigenvalue weighted by atomic mass is 9.90. The molecule has 0 unspecified atom stereocenters. The van der Waals surface area contributed by atoms with Gasteiger partial charge in [0, 0.05) is 32.0 Å². The molecule has 8 atom stereocenters. The fourth-order valence-electron chi connectivity index (χ4n) is 6.90. The first-order valence-corrected chi connectivity index (χ1v) is 27.5. The van der Waals surface area contributed by atoms with E-state index < -0.39 is 74.7 Å². The molecule has 1 rings (SSSR count). The third-order valence-corrected chi connectivity index (χ3v) is 17.5. The van der Waals surface area contributed by atoms with Crippen molar-refractivity contribution in [3.05, 3.63) is 58.7 Å². The number of nitrogens with one attached hydrogen (secondary N) is 2. The molecule has 0 aliphatic heterocycles. The molecule has 376 valence electrons. The Labute approximate surface area is 406 Å². The highest BCUT2D eigenvalue weighted by atomic mass is 32.2. The van der Waals surface area contributed by atoms with Crippen LogP contribution in [0.1, 0.15) is 113 Å². The van der Waals surface area contributed by atoms with Crippen molar-refractivity contribution in [3.63, 3.8) is 0 Å². The van der Waals surface area contributed by atoms with Gasteiger partial charge in [-0.2, -0.15) is 5.26 Å². The second-order valence-electron chi connectivity index (χ2n) is 19.6. The number of hydrogen-bond acceptors (Lipinski definition) is 11. The summed E-state index contributed by atoms with van der Waals surface area (Å²) in [6.45, 7) is 27.1. The minimum absolute atomic E-state index is 0.00874. The smallest absolute Gasteiger partial charge is 0.334 e. The largest absolute Gasteiger partial charge is 0.480 e. The fourth-order valence-corrected chi connectivity index (χ4v) is 8.60. The molecular weight excluding hydrogens is 891 g/mol. The predicted octanol–water partition coefficient (Wildman–Crippen LogP) is 7.50. The first-order valence-electron chi connectivity index (χ1n) is 23.2. The molecular formula is C50H81N5O10SSi. The molecule has 3 N–H and O–H groups in total. The Bertz CT molecular complexity index is 1930. The highest BCUT2D eigenvalue weighted by Crippen LogP contribution is 2.40. The number of nitrogens with zero attached hydrogens (tertiary/aromatic N) is 3. The maximum Gasteiger partial charge on any atom is 0.334 e. The second kappa shape index (κ2) is 28.1. The zero-order valence-electron chi connectivity index (χ0n) is 43.3. The molecule has 4 amide bonds. The summed E-state index contributed by atoms with van der Waals surface area (Å²) >= 11 is 1.56. The molecule has 15 nitrogen and oxygen atoms in total. The minimum Gasteiger partial charge on any atom is -0.480 e. The van der Waals surface area contributed by atoms with Gasteiger partial charge in [0.2, 0.25) is 17.7 Å². The van der Waals surface area contributed by atoms with E-state index in [4.69, 9.17) is 13.9 Å². The summed E-state index contributed by atoms with van der Waals surface area (Å²) < 4.78 is 19.2. The Balaban J connectivity index is 3.37. The Morgan fingerprint density at radius 2 is 1.57 bits per heavy atom. The van der Waals surface area contributed by atoms with E-state index >= 15 is 0 Å². The Morgan fingerprint density at radius 3 is 2.06 bits per heavy atom. The number of carbonyl (C=O) groups excluding carboxylic acids is 5. The monoisotopic (exact) mass is 972 g/mol. The van der Waals surface area contributed by atoms with Gasteiger partial charge in [0.25, 0.3) is 5.91 Å². The van der Waals surface area contributed by atoms with Crippen molar-refractivity contribution in [3.8, 4) is 6.07 Å². The van der Waals surface area contributed by atoms with Gasteiger partial charge >= 0.3 is 11.9 Å². The van der Waals surface area contributed by atoms with Crippen LogP contribution >= 0.6 is 11.8 Å². The number of benzene rings is 1. The average Bonchev–Trinajstić information content (AvgIpc) is 3.26. The van der Waals surface area contributed by atoms with Crippen LogP contribution < -0.4 is 10.6 Å². The molecule has 0 saturated heterocycles. The van der Waals surface area contributed by atoms with Gasteiger partial charge in [-0.3, -0.25) is 19.2 Å². The van der Waals surface area contributed by atoms with E-state index in [-0.39, 0.29) is 47.8 Å². The standard InChI is InChI=1S/C50H81N5O10SSi/c1-18-32(5)43(48(60)61)53-42(56)29-54(13)47(59)39(27-37-21-23-38(28-51)24-22-37)55(14)46(58)36(9)52-45(57)41(26-31(3)4)64-49(62)34(7)20-25-40(63-30-66-15)35(8)44(33(6)19-2)65-67(16,17)50(10,11)12/h19-24,31-32,35-36,39-41,43-44H,18,25-27,29-30H2,1-17H3,(H,52,57)(H,53,56)(H,60,61)/b33-19+,34-20+/t32-,35+,36+,39-,40+,41-,43+,44-/m1/s1. The first kappa shape index (κ1) is 60.5. The van der Waals surface area contributed by atoms with E-state index in [0.717, 1.165) is 10.5 Å². The number of esters is 1. The van der Waals surface area contributed by atoms with E-state index in [1.54, 1.807) is 62.9 Å². The van der Waals surface area contributed by atoms with Crippen molar-refractivity contribution in [2.45, 2.75) is 163 Å². The lowest BCUT2D eigenvalue weighted by Crippen LogP contribution is -2.56. The summed E-state index contributed by atoms with van der Waals surface area (Å²) in [7, 11) is 0.610. The Morgan fingerprint density at radius 1 is 0.970 bits per heavy atom. The molecule has 0 bridgehead atoms. The van der Waals surface area contributed by atoms with Gasteiger partial charge in [-0.1, -0.05) is 86.1 Å².